The van der Waals surface area contributed by atoms with Crippen LogP contribution in [-0.4, -0.2) is 34.5 Å². The van der Waals surface area contributed by atoms with E-state index >= 15 is 0 Å². The Morgan fingerprint density at radius 2 is 1.86 bits per heavy atom. The number of aromatic hydroxyl groups is 1. The number of rotatable bonds is 3. The maximum absolute atomic E-state index is 13.1. The van der Waals surface area contributed by atoms with Crippen molar-refractivity contribution in [2.45, 2.75) is 39.3 Å². The van der Waals surface area contributed by atoms with Crippen LogP contribution >= 0.6 is 0 Å². The fraction of sp³-hybridized carbons (Fsp3) is 0.286. The van der Waals surface area contributed by atoms with E-state index in [0.717, 1.165) is 5.56 Å². The van der Waals surface area contributed by atoms with Gasteiger partial charge in [0.25, 0.3) is 5.91 Å². The van der Waals surface area contributed by atoms with Gasteiger partial charge >= 0.3 is 5.97 Å². The summed E-state index contributed by atoms with van der Waals surface area (Å²) in [5.74, 6) is -1.91. The molecule has 0 saturated carbocycles. The van der Waals surface area contributed by atoms with Crippen molar-refractivity contribution in [2.24, 2.45) is 0 Å². The van der Waals surface area contributed by atoms with Crippen LogP contribution in [0.5, 0.6) is 5.75 Å². The molecule has 1 heterocycles. The molecule has 0 bridgehead atoms. The van der Waals surface area contributed by atoms with Crippen molar-refractivity contribution in [3.63, 3.8) is 0 Å². The number of carbonyl (C=O) groups is 3. The average molecular weight is 382 g/mol. The minimum atomic E-state index is -1.17. The zero-order chi connectivity index (χ0) is 20.6. The number of anilines is 2. The van der Waals surface area contributed by atoms with E-state index in [1.54, 1.807) is 51.1 Å². The van der Waals surface area contributed by atoms with Crippen molar-refractivity contribution >= 4 is 29.2 Å². The molecule has 7 nitrogen and oxygen atoms in total. The number of fused-ring (bicyclic) bond motifs is 1. The Balaban J connectivity index is 1.89. The van der Waals surface area contributed by atoms with E-state index in [1.807, 2.05) is 0 Å². The second-order valence-electron chi connectivity index (χ2n) is 7.27. The molecule has 0 radical (unpaired) electrons. The first-order valence-electron chi connectivity index (χ1n) is 8.88. The molecule has 2 amide bonds. The van der Waals surface area contributed by atoms with E-state index in [9.17, 15) is 19.5 Å². The average Bonchev–Trinajstić information content (AvgIpc) is 2.64. The van der Waals surface area contributed by atoms with Gasteiger partial charge in [0, 0.05) is 0 Å². The maximum atomic E-state index is 13.1. The summed E-state index contributed by atoms with van der Waals surface area (Å²) < 4.78 is 5.31. The molecular weight excluding hydrogens is 360 g/mol. The highest BCUT2D eigenvalue weighted by Crippen LogP contribution is 2.37. The normalized spacial score (nSPS) is 16.0. The Hall–Kier alpha value is -3.35. The third-order valence-electron chi connectivity index (χ3n) is 4.73. The summed E-state index contributed by atoms with van der Waals surface area (Å²) in [7, 11) is 0. The molecule has 146 valence electrons. The molecule has 28 heavy (non-hydrogen) atoms. The highest BCUT2D eigenvalue weighted by molar-refractivity contribution is 6.15. The van der Waals surface area contributed by atoms with E-state index in [1.165, 1.54) is 24.0 Å². The van der Waals surface area contributed by atoms with Gasteiger partial charge in [-0.1, -0.05) is 23.8 Å². The van der Waals surface area contributed by atoms with E-state index in [0.29, 0.717) is 11.4 Å². The SMILES string of the molecule is Cc1ccc(O)c(C(=O)O[C@H](C)C(=O)N2c3ccccc3NC(=O)C2(C)C)c1. The van der Waals surface area contributed by atoms with Gasteiger partial charge in [-0.2, -0.15) is 0 Å². The number of ether oxygens (including phenoxy) is 1. The van der Waals surface area contributed by atoms with E-state index < -0.39 is 23.5 Å². The van der Waals surface area contributed by atoms with Gasteiger partial charge in [0.15, 0.2) is 6.10 Å². The predicted molar refractivity (Wildman–Crippen MR) is 104 cm³/mol. The molecule has 0 fully saturated rings. The zero-order valence-electron chi connectivity index (χ0n) is 16.1. The molecule has 1 aliphatic rings. The summed E-state index contributed by atoms with van der Waals surface area (Å²) in [6.07, 6.45) is -1.16. The third-order valence-corrected chi connectivity index (χ3v) is 4.73. The Labute approximate surface area is 162 Å². The number of phenols is 1. The van der Waals surface area contributed by atoms with Gasteiger partial charge in [0.1, 0.15) is 16.9 Å². The van der Waals surface area contributed by atoms with Gasteiger partial charge in [-0.05, 0) is 52.0 Å². The van der Waals surface area contributed by atoms with Crippen LogP contribution in [0.4, 0.5) is 11.4 Å². The van der Waals surface area contributed by atoms with Gasteiger partial charge in [0.05, 0.1) is 11.4 Å². The van der Waals surface area contributed by atoms with Crippen molar-refractivity contribution in [2.75, 3.05) is 10.2 Å². The summed E-state index contributed by atoms with van der Waals surface area (Å²) in [4.78, 5) is 39.4. The highest BCUT2D eigenvalue weighted by atomic mass is 16.5. The van der Waals surface area contributed by atoms with Crippen LogP contribution in [0.25, 0.3) is 0 Å². The number of esters is 1. The summed E-state index contributed by atoms with van der Waals surface area (Å²) in [5.41, 5.74) is 0.619. The molecule has 7 heteroatoms. The summed E-state index contributed by atoms with van der Waals surface area (Å²) >= 11 is 0. The van der Waals surface area contributed by atoms with Gasteiger partial charge in [-0.3, -0.25) is 14.5 Å². The van der Waals surface area contributed by atoms with Crippen LogP contribution in [0.1, 0.15) is 36.7 Å². The van der Waals surface area contributed by atoms with E-state index in [4.69, 9.17) is 4.74 Å². The lowest BCUT2D eigenvalue weighted by Gasteiger charge is -2.42. The first-order valence-corrected chi connectivity index (χ1v) is 8.88. The van der Waals surface area contributed by atoms with Gasteiger partial charge < -0.3 is 15.2 Å². The number of carbonyl (C=O) groups excluding carboxylic acids is 3. The number of hydrogen-bond donors (Lipinski definition) is 2. The smallest absolute Gasteiger partial charge is 0.342 e. The van der Waals surface area contributed by atoms with Crippen molar-refractivity contribution in [1.82, 2.24) is 0 Å². The van der Waals surface area contributed by atoms with Crippen LogP contribution in [0.15, 0.2) is 42.5 Å². The topological polar surface area (TPSA) is 95.9 Å². The summed E-state index contributed by atoms with van der Waals surface area (Å²) in [5, 5.41) is 12.7. The fourth-order valence-corrected chi connectivity index (χ4v) is 3.12. The van der Waals surface area contributed by atoms with Crippen molar-refractivity contribution in [3.8, 4) is 5.75 Å². The number of hydrogen-bond acceptors (Lipinski definition) is 5. The lowest BCUT2D eigenvalue weighted by molar-refractivity contribution is -0.131. The van der Waals surface area contributed by atoms with Gasteiger partial charge in [0.2, 0.25) is 5.91 Å². The van der Waals surface area contributed by atoms with Crippen LogP contribution in [0.3, 0.4) is 0 Å². The molecular formula is C21H22N2O5. The van der Waals surface area contributed by atoms with Crippen molar-refractivity contribution < 1.29 is 24.2 Å². The second kappa shape index (κ2) is 6.99. The van der Waals surface area contributed by atoms with Crippen molar-refractivity contribution in [1.29, 1.82) is 0 Å². The molecule has 3 rings (SSSR count). The van der Waals surface area contributed by atoms with Crippen LogP contribution in [-0.2, 0) is 14.3 Å². The Morgan fingerprint density at radius 3 is 2.57 bits per heavy atom. The predicted octanol–water partition coefficient (Wildman–Crippen LogP) is 3.01. The Bertz CT molecular complexity index is 967. The molecule has 0 saturated heterocycles. The summed E-state index contributed by atoms with van der Waals surface area (Å²) in [6, 6.07) is 11.5. The van der Waals surface area contributed by atoms with Gasteiger partial charge in [-0.15, -0.1) is 0 Å². The summed E-state index contributed by atoms with van der Waals surface area (Å²) in [6.45, 7) is 6.46. The van der Waals surface area contributed by atoms with E-state index in [-0.39, 0.29) is 17.2 Å². The molecule has 2 N–H and O–H groups in total. The number of nitrogens with zero attached hydrogens (tertiary/aromatic N) is 1. The molecule has 1 aliphatic heterocycles. The molecule has 2 aromatic rings. The molecule has 2 aromatic carbocycles. The minimum absolute atomic E-state index is 0.0179. The lowest BCUT2D eigenvalue weighted by atomic mass is 9.95. The number of nitrogens with one attached hydrogen (secondary N) is 1. The highest BCUT2D eigenvalue weighted by Gasteiger charge is 2.45. The number of benzene rings is 2. The number of amides is 2. The number of phenolic OH excluding ortho intramolecular Hbond substituents is 1. The first-order chi connectivity index (χ1) is 13.1. The van der Waals surface area contributed by atoms with E-state index in [2.05, 4.69) is 5.32 Å². The third kappa shape index (κ3) is 3.31. The molecule has 1 atom stereocenters. The van der Waals surface area contributed by atoms with Crippen molar-refractivity contribution in [3.05, 3.63) is 53.6 Å². The number of aryl methyl sites for hydroxylation is 1. The lowest BCUT2D eigenvalue weighted by Crippen LogP contribution is -2.60. The molecule has 0 unspecified atom stereocenters. The fourth-order valence-electron chi connectivity index (χ4n) is 3.12. The Morgan fingerprint density at radius 1 is 1.18 bits per heavy atom. The quantitative estimate of drug-likeness (QED) is 0.796. The monoisotopic (exact) mass is 382 g/mol. The van der Waals surface area contributed by atoms with Crippen LogP contribution < -0.4 is 10.2 Å². The largest absolute Gasteiger partial charge is 0.507 e. The minimum Gasteiger partial charge on any atom is -0.507 e. The van der Waals surface area contributed by atoms with Crippen LogP contribution in [0, 0.1) is 6.92 Å². The zero-order valence-corrected chi connectivity index (χ0v) is 16.1. The molecule has 0 aromatic heterocycles. The molecule has 0 aliphatic carbocycles. The molecule has 0 spiro atoms. The van der Waals surface area contributed by atoms with Gasteiger partial charge in [-0.25, -0.2) is 4.79 Å². The first kappa shape index (κ1) is 19.4. The van der Waals surface area contributed by atoms with Crippen LogP contribution in [0.2, 0.25) is 0 Å². The maximum Gasteiger partial charge on any atom is 0.342 e. The Kier molecular flexibility index (Phi) is 4.85. The standard InChI is InChI=1S/C21H22N2O5/c1-12-9-10-17(24)14(11-12)19(26)28-13(2)18(25)23-16-8-6-5-7-15(16)22-20(27)21(23,3)4/h5-11,13,24H,1-4H3,(H,22,27)/t13-/m1/s1. The number of para-hydroxylation sites is 2. The second-order valence-corrected chi connectivity index (χ2v) is 7.27.